The number of anilines is 1. The summed E-state index contributed by atoms with van der Waals surface area (Å²) < 4.78 is 34.6. The van der Waals surface area contributed by atoms with Crippen molar-refractivity contribution in [2.75, 3.05) is 18.4 Å². The summed E-state index contributed by atoms with van der Waals surface area (Å²) in [6, 6.07) is 9.32. The van der Waals surface area contributed by atoms with Crippen LogP contribution in [0.3, 0.4) is 0 Å². The summed E-state index contributed by atoms with van der Waals surface area (Å²) in [5.74, 6) is -2.06. The number of oxazole rings is 1. The zero-order chi connectivity index (χ0) is 22.9. The molecule has 3 heterocycles. The highest BCUT2D eigenvalue weighted by Crippen LogP contribution is 2.29. The lowest BCUT2D eigenvalue weighted by atomic mass is 9.90. The number of hydrogen-bond donors (Lipinski definition) is 1. The molecule has 0 unspecified atom stereocenters. The topological polar surface area (TPSA) is 89.1 Å². The Hall–Kier alpha value is -3.82. The maximum atomic E-state index is 14.7. The van der Waals surface area contributed by atoms with E-state index >= 15 is 0 Å². The molecule has 1 N–H and O–H groups in total. The fourth-order valence-electron chi connectivity index (χ4n) is 4.37. The number of nitrogens with zero attached hydrogens (tertiary/aromatic N) is 5. The minimum atomic E-state index is -0.902. The van der Waals surface area contributed by atoms with Crippen LogP contribution in [0.15, 0.2) is 53.2 Å². The molecule has 170 valence electrons. The second-order valence-electron chi connectivity index (χ2n) is 8.16. The van der Waals surface area contributed by atoms with Gasteiger partial charge in [-0.3, -0.25) is 4.79 Å². The van der Waals surface area contributed by atoms with Gasteiger partial charge in [0.25, 0.3) is 11.9 Å². The van der Waals surface area contributed by atoms with Gasteiger partial charge < -0.3 is 14.6 Å². The average molecular weight is 452 g/mol. The van der Waals surface area contributed by atoms with Crippen molar-refractivity contribution in [3.05, 3.63) is 66.0 Å². The van der Waals surface area contributed by atoms with Crippen LogP contribution in [0.5, 0.6) is 0 Å². The van der Waals surface area contributed by atoms with Gasteiger partial charge in [-0.25, -0.2) is 8.78 Å². The second-order valence-corrected chi connectivity index (χ2v) is 8.16. The van der Waals surface area contributed by atoms with Gasteiger partial charge >= 0.3 is 0 Å². The van der Waals surface area contributed by atoms with Crippen LogP contribution in [0.25, 0.3) is 16.8 Å². The standard InChI is InChI=1S/C23H22F2N6O2/c1-14-5-4-10-30(19(14)13-26-23-29-18-6-2-3-7-20(18)33-23)22(32)16-11-15(24)12-17(25)21(16)31-27-8-9-28-31/h2-3,6-9,11-12,14,19H,4-5,10,13H2,1H3,(H,26,29)/t14-,19-/m1/s1. The molecule has 10 heteroatoms. The first-order valence-electron chi connectivity index (χ1n) is 10.8. The first-order valence-corrected chi connectivity index (χ1v) is 10.8. The molecule has 8 nitrogen and oxygen atoms in total. The maximum absolute atomic E-state index is 14.7. The van der Waals surface area contributed by atoms with E-state index in [1.807, 2.05) is 24.3 Å². The Morgan fingerprint density at radius 3 is 2.79 bits per heavy atom. The highest BCUT2D eigenvalue weighted by atomic mass is 19.1. The van der Waals surface area contributed by atoms with E-state index in [1.54, 1.807) is 4.90 Å². The normalized spacial score (nSPS) is 18.6. The summed E-state index contributed by atoms with van der Waals surface area (Å²) in [4.78, 5) is 20.7. The molecule has 1 saturated heterocycles. The Labute approximate surface area is 188 Å². The first kappa shape index (κ1) is 21.0. The monoisotopic (exact) mass is 452 g/mol. The van der Waals surface area contributed by atoms with E-state index in [0.29, 0.717) is 24.7 Å². The summed E-state index contributed by atoms with van der Waals surface area (Å²) in [6.07, 6.45) is 4.45. The molecule has 4 aromatic rings. The highest BCUT2D eigenvalue weighted by Gasteiger charge is 2.34. The van der Waals surface area contributed by atoms with E-state index in [0.717, 1.165) is 35.3 Å². The van der Waals surface area contributed by atoms with Crippen molar-refractivity contribution in [2.24, 2.45) is 5.92 Å². The van der Waals surface area contributed by atoms with Gasteiger partial charge in [-0.05, 0) is 37.0 Å². The van der Waals surface area contributed by atoms with Crippen molar-refractivity contribution < 1.29 is 18.0 Å². The summed E-state index contributed by atoms with van der Waals surface area (Å²) >= 11 is 0. The second kappa shape index (κ2) is 8.61. The maximum Gasteiger partial charge on any atom is 0.295 e. The van der Waals surface area contributed by atoms with Gasteiger partial charge in [-0.1, -0.05) is 19.1 Å². The van der Waals surface area contributed by atoms with Crippen LogP contribution in [0.1, 0.15) is 30.1 Å². The van der Waals surface area contributed by atoms with Crippen molar-refractivity contribution in [3.8, 4) is 5.69 Å². The third kappa shape index (κ3) is 4.04. The number of amides is 1. The van der Waals surface area contributed by atoms with Crippen molar-refractivity contribution in [1.82, 2.24) is 24.9 Å². The summed E-state index contributed by atoms with van der Waals surface area (Å²) in [6.45, 7) is 2.90. The summed E-state index contributed by atoms with van der Waals surface area (Å²) in [5, 5.41) is 11.1. The number of halogens is 2. The molecule has 0 radical (unpaired) electrons. The molecule has 0 saturated carbocycles. The number of para-hydroxylation sites is 2. The van der Waals surface area contributed by atoms with Gasteiger partial charge in [-0.15, -0.1) is 4.80 Å². The number of rotatable bonds is 5. The van der Waals surface area contributed by atoms with Crippen LogP contribution < -0.4 is 5.32 Å². The molecule has 1 amide bonds. The van der Waals surface area contributed by atoms with E-state index < -0.39 is 17.5 Å². The van der Waals surface area contributed by atoms with Crippen LogP contribution in [0.2, 0.25) is 0 Å². The van der Waals surface area contributed by atoms with E-state index in [9.17, 15) is 13.6 Å². The molecule has 0 aliphatic carbocycles. The molecule has 2 atom stereocenters. The van der Waals surface area contributed by atoms with Crippen LogP contribution in [0.4, 0.5) is 14.8 Å². The largest absolute Gasteiger partial charge is 0.424 e. The van der Waals surface area contributed by atoms with Crippen molar-refractivity contribution >= 4 is 23.0 Å². The lowest BCUT2D eigenvalue weighted by molar-refractivity contribution is 0.0538. The molecular formula is C23H22F2N6O2. The fraction of sp³-hybridized carbons (Fsp3) is 0.304. The molecular weight excluding hydrogens is 430 g/mol. The summed E-state index contributed by atoms with van der Waals surface area (Å²) in [7, 11) is 0. The molecule has 0 spiro atoms. The molecule has 2 aromatic carbocycles. The van der Waals surface area contributed by atoms with Crippen LogP contribution in [-0.2, 0) is 0 Å². The minimum Gasteiger partial charge on any atom is -0.424 e. The van der Waals surface area contributed by atoms with Crippen LogP contribution in [0, 0.1) is 17.6 Å². The Morgan fingerprint density at radius 1 is 1.21 bits per heavy atom. The van der Waals surface area contributed by atoms with Gasteiger partial charge in [0.2, 0.25) is 0 Å². The Balaban J connectivity index is 1.44. The van der Waals surface area contributed by atoms with E-state index in [-0.39, 0.29) is 23.2 Å². The molecule has 2 aromatic heterocycles. The van der Waals surface area contributed by atoms with Gasteiger partial charge in [0.05, 0.1) is 24.0 Å². The Morgan fingerprint density at radius 2 is 2.00 bits per heavy atom. The molecule has 5 rings (SSSR count). The Kier molecular flexibility index (Phi) is 5.49. The molecule has 33 heavy (non-hydrogen) atoms. The molecule has 1 fully saturated rings. The number of carbonyl (C=O) groups is 1. The van der Waals surface area contributed by atoms with Gasteiger partial charge in [0, 0.05) is 19.2 Å². The van der Waals surface area contributed by atoms with Gasteiger partial charge in [0.15, 0.2) is 11.4 Å². The first-order chi connectivity index (χ1) is 16.0. The smallest absolute Gasteiger partial charge is 0.295 e. The number of benzene rings is 2. The fourth-order valence-corrected chi connectivity index (χ4v) is 4.37. The van der Waals surface area contributed by atoms with Gasteiger partial charge in [0.1, 0.15) is 17.0 Å². The lowest BCUT2D eigenvalue weighted by Crippen LogP contribution is -2.51. The predicted molar refractivity (Wildman–Crippen MR) is 117 cm³/mol. The number of aromatic nitrogens is 4. The van der Waals surface area contributed by atoms with E-state index in [1.165, 1.54) is 12.4 Å². The molecule has 0 bridgehead atoms. The molecule has 1 aliphatic rings. The lowest BCUT2D eigenvalue weighted by Gasteiger charge is -2.40. The van der Waals surface area contributed by atoms with Crippen LogP contribution in [-0.4, -0.2) is 49.9 Å². The number of carbonyl (C=O) groups excluding carboxylic acids is 1. The van der Waals surface area contributed by atoms with E-state index in [4.69, 9.17) is 4.42 Å². The number of nitrogens with one attached hydrogen (secondary N) is 1. The minimum absolute atomic E-state index is 0.121. The van der Waals surface area contributed by atoms with E-state index in [2.05, 4.69) is 27.4 Å². The number of piperidine rings is 1. The highest BCUT2D eigenvalue weighted by molar-refractivity contribution is 5.98. The average Bonchev–Trinajstić information content (AvgIpc) is 3.46. The van der Waals surface area contributed by atoms with Crippen molar-refractivity contribution in [1.29, 1.82) is 0 Å². The van der Waals surface area contributed by atoms with Gasteiger partial charge in [-0.2, -0.15) is 15.2 Å². The number of likely N-dealkylation sites (tertiary alicyclic amines) is 1. The third-order valence-electron chi connectivity index (χ3n) is 6.01. The predicted octanol–water partition coefficient (Wildman–Crippen LogP) is 4.04. The number of hydrogen-bond acceptors (Lipinski definition) is 6. The van der Waals surface area contributed by atoms with Crippen LogP contribution >= 0.6 is 0 Å². The number of fused-ring (bicyclic) bond motifs is 1. The van der Waals surface area contributed by atoms with Crippen molar-refractivity contribution in [2.45, 2.75) is 25.8 Å². The Bertz CT molecular complexity index is 1260. The zero-order valence-electron chi connectivity index (χ0n) is 17.9. The third-order valence-corrected chi connectivity index (χ3v) is 6.01. The molecule has 1 aliphatic heterocycles. The quantitative estimate of drug-likeness (QED) is 0.492. The van der Waals surface area contributed by atoms with Crippen molar-refractivity contribution in [3.63, 3.8) is 0 Å². The zero-order valence-corrected chi connectivity index (χ0v) is 17.9. The SMILES string of the molecule is C[C@@H]1CCCN(C(=O)c2cc(F)cc(F)c2-n2nccn2)[C@@H]1CNc1nc2ccccc2o1. The summed E-state index contributed by atoms with van der Waals surface area (Å²) in [5.41, 5.74) is 1.10.